The molecule has 0 saturated carbocycles. The first-order valence-corrected chi connectivity index (χ1v) is 9.19. The SMILES string of the molecule is Cc1ccc(/C=C/C(=O)N2CCN(c3[nH+]cc(C(F)(F)F)cc3Cl)CC2)cc1. The minimum Gasteiger partial charge on any atom is -0.331 e. The topological polar surface area (TPSA) is 37.7 Å². The Morgan fingerprint density at radius 3 is 2.36 bits per heavy atom. The Labute approximate surface area is 166 Å². The molecule has 4 nitrogen and oxygen atoms in total. The van der Waals surface area contributed by atoms with E-state index in [1.807, 2.05) is 36.1 Å². The fourth-order valence-corrected chi connectivity index (χ4v) is 3.26. The Bertz CT molecular complexity index is 873. The molecule has 0 atom stereocenters. The van der Waals surface area contributed by atoms with Crippen molar-refractivity contribution in [3.05, 3.63) is 64.3 Å². The number of nitrogens with one attached hydrogen (secondary N) is 1. The van der Waals surface area contributed by atoms with Gasteiger partial charge < -0.3 is 4.90 Å². The first kappa shape index (κ1) is 20.2. The number of aromatic nitrogens is 1. The van der Waals surface area contributed by atoms with Crippen molar-refractivity contribution in [3.8, 4) is 0 Å². The highest BCUT2D eigenvalue weighted by Gasteiger charge is 2.34. The lowest BCUT2D eigenvalue weighted by molar-refractivity contribution is -0.367. The van der Waals surface area contributed by atoms with Crippen LogP contribution in [0, 0.1) is 6.92 Å². The van der Waals surface area contributed by atoms with Crippen LogP contribution in [0.15, 0.2) is 42.6 Å². The van der Waals surface area contributed by atoms with Gasteiger partial charge in [0, 0.05) is 6.08 Å². The molecule has 8 heteroatoms. The number of aryl methyl sites for hydroxylation is 1. The van der Waals surface area contributed by atoms with E-state index in [2.05, 4.69) is 4.98 Å². The number of carbonyl (C=O) groups is 1. The number of hydrogen-bond acceptors (Lipinski definition) is 2. The molecule has 0 spiro atoms. The van der Waals surface area contributed by atoms with Crippen molar-refractivity contribution >= 4 is 29.4 Å². The summed E-state index contributed by atoms with van der Waals surface area (Å²) in [6.45, 7) is 3.88. The summed E-state index contributed by atoms with van der Waals surface area (Å²) in [6.07, 6.45) is -0.233. The van der Waals surface area contributed by atoms with Gasteiger partial charge in [-0.1, -0.05) is 41.4 Å². The second-order valence-electron chi connectivity index (χ2n) is 6.64. The molecule has 148 valence electrons. The maximum atomic E-state index is 12.8. The van der Waals surface area contributed by atoms with Crippen molar-refractivity contribution in [2.45, 2.75) is 13.1 Å². The van der Waals surface area contributed by atoms with E-state index in [1.54, 1.807) is 11.0 Å². The van der Waals surface area contributed by atoms with Crippen molar-refractivity contribution in [2.75, 3.05) is 31.1 Å². The maximum absolute atomic E-state index is 12.8. The van der Waals surface area contributed by atoms with Gasteiger partial charge in [-0.05, 0) is 24.6 Å². The summed E-state index contributed by atoms with van der Waals surface area (Å²) in [4.78, 5) is 18.5. The number of benzene rings is 1. The smallest absolute Gasteiger partial charge is 0.331 e. The van der Waals surface area contributed by atoms with Crippen molar-refractivity contribution in [1.82, 2.24) is 4.90 Å². The summed E-state index contributed by atoms with van der Waals surface area (Å²) in [5, 5.41) is 0.00821. The lowest BCUT2D eigenvalue weighted by Gasteiger charge is -2.30. The number of rotatable bonds is 3. The van der Waals surface area contributed by atoms with Crippen molar-refractivity contribution in [1.29, 1.82) is 0 Å². The molecular formula is C20H20ClF3N3O+. The van der Waals surface area contributed by atoms with Crippen LogP contribution in [0.2, 0.25) is 5.02 Å². The minimum absolute atomic E-state index is 0.00821. The van der Waals surface area contributed by atoms with Crippen LogP contribution >= 0.6 is 11.6 Å². The maximum Gasteiger partial charge on any atom is 0.419 e. The molecule has 28 heavy (non-hydrogen) atoms. The molecule has 1 aliphatic rings. The number of H-pyrrole nitrogens is 1. The molecule has 1 aliphatic heterocycles. The Morgan fingerprint density at radius 1 is 1.14 bits per heavy atom. The monoisotopic (exact) mass is 410 g/mol. The normalized spacial score (nSPS) is 15.3. The van der Waals surface area contributed by atoms with Crippen LogP contribution in [0.5, 0.6) is 0 Å². The molecule has 1 aromatic carbocycles. The van der Waals surface area contributed by atoms with E-state index in [4.69, 9.17) is 11.6 Å². The zero-order valence-electron chi connectivity index (χ0n) is 15.3. The summed E-state index contributed by atoms with van der Waals surface area (Å²) >= 11 is 6.03. The highest BCUT2D eigenvalue weighted by molar-refractivity contribution is 6.32. The van der Waals surface area contributed by atoms with E-state index in [-0.39, 0.29) is 10.9 Å². The van der Waals surface area contributed by atoms with Gasteiger partial charge in [-0.25, -0.2) is 4.98 Å². The fraction of sp³-hybridized carbons (Fsp3) is 0.300. The van der Waals surface area contributed by atoms with Crippen LogP contribution < -0.4 is 9.88 Å². The van der Waals surface area contributed by atoms with Gasteiger partial charge in [0.2, 0.25) is 5.91 Å². The number of pyridine rings is 1. The standard InChI is InChI=1S/C20H19ClF3N3O/c1-14-2-4-15(5-3-14)6-7-18(28)26-8-10-27(11-9-26)19-17(21)12-16(13-25-19)20(22,23)24/h2-7,12-13H,8-11H2,1H3/p+1/b7-6+. The van der Waals surface area contributed by atoms with Gasteiger partial charge >= 0.3 is 6.18 Å². The quantitative estimate of drug-likeness (QED) is 0.721. The van der Waals surface area contributed by atoms with Gasteiger partial charge in [0.25, 0.3) is 5.82 Å². The number of nitrogens with zero attached hydrogens (tertiary/aromatic N) is 2. The van der Waals surface area contributed by atoms with Gasteiger partial charge in [-0.3, -0.25) is 9.69 Å². The number of hydrogen-bond donors (Lipinski definition) is 0. The van der Waals surface area contributed by atoms with Crippen molar-refractivity contribution in [2.24, 2.45) is 0 Å². The Morgan fingerprint density at radius 2 is 1.79 bits per heavy atom. The first-order valence-electron chi connectivity index (χ1n) is 8.81. The third-order valence-electron chi connectivity index (χ3n) is 4.60. The zero-order valence-corrected chi connectivity index (χ0v) is 16.0. The number of anilines is 1. The van der Waals surface area contributed by atoms with Crippen LogP contribution in [0.4, 0.5) is 19.0 Å². The Balaban J connectivity index is 1.59. The number of alkyl halides is 3. The number of piperazine rings is 1. The van der Waals surface area contributed by atoms with E-state index in [0.717, 1.165) is 23.4 Å². The summed E-state index contributed by atoms with van der Waals surface area (Å²) in [7, 11) is 0. The lowest BCUT2D eigenvalue weighted by Crippen LogP contribution is -2.49. The van der Waals surface area contributed by atoms with Crippen LogP contribution in [0.1, 0.15) is 16.7 Å². The second-order valence-corrected chi connectivity index (χ2v) is 7.05. The average molecular weight is 411 g/mol. The summed E-state index contributed by atoms with van der Waals surface area (Å²) in [6, 6.07) is 8.76. The fourth-order valence-electron chi connectivity index (χ4n) is 2.97. The predicted molar refractivity (Wildman–Crippen MR) is 102 cm³/mol. The molecule has 1 fully saturated rings. The van der Waals surface area contributed by atoms with Crippen LogP contribution in [0.25, 0.3) is 6.08 Å². The minimum atomic E-state index is -4.45. The van der Waals surface area contributed by atoms with Crippen molar-refractivity contribution < 1.29 is 22.9 Å². The summed E-state index contributed by atoms with van der Waals surface area (Å²) in [5.41, 5.74) is 1.28. The second kappa shape index (κ2) is 8.22. The molecule has 2 aromatic rings. The van der Waals surface area contributed by atoms with E-state index >= 15 is 0 Å². The highest BCUT2D eigenvalue weighted by Crippen LogP contribution is 2.32. The van der Waals surface area contributed by atoms with Gasteiger partial charge in [0.05, 0.1) is 18.7 Å². The van der Waals surface area contributed by atoms with Crippen LogP contribution in [-0.4, -0.2) is 37.0 Å². The molecule has 0 aliphatic carbocycles. The first-order chi connectivity index (χ1) is 13.2. The third-order valence-corrected chi connectivity index (χ3v) is 4.89. The third kappa shape index (κ3) is 4.84. The number of carbonyl (C=O) groups excluding carboxylic acids is 1. The highest BCUT2D eigenvalue weighted by atomic mass is 35.5. The molecular weight excluding hydrogens is 391 g/mol. The average Bonchev–Trinajstić information content (AvgIpc) is 2.67. The van der Waals surface area contributed by atoms with Crippen LogP contribution in [0.3, 0.4) is 0 Å². The summed E-state index contributed by atoms with van der Waals surface area (Å²) < 4.78 is 38.3. The van der Waals surface area contributed by atoms with Gasteiger partial charge in [-0.2, -0.15) is 13.2 Å². The molecule has 1 saturated heterocycles. The largest absolute Gasteiger partial charge is 0.419 e. The molecule has 1 N–H and O–H groups in total. The van der Waals surface area contributed by atoms with Gasteiger partial charge in [0.1, 0.15) is 24.3 Å². The van der Waals surface area contributed by atoms with Gasteiger partial charge in [-0.15, -0.1) is 0 Å². The summed E-state index contributed by atoms with van der Waals surface area (Å²) in [5.74, 6) is 0.333. The molecule has 0 radical (unpaired) electrons. The zero-order chi connectivity index (χ0) is 20.3. The van der Waals surface area contributed by atoms with Crippen molar-refractivity contribution in [3.63, 3.8) is 0 Å². The van der Waals surface area contributed by atoms with E-state index in [1.165, 1.54) is 6.08 Å². The number of amides is 1. The predicted octanol–water partition coefficient (Wildman–Crippen LogP) is 3.84. The molecule has 3 rings (SSSR count). The molecule has 1 aromatic heterocycles. The molecule has 0 unspecified atom stereocenters. The molecule has 0 bridgehead atoms. The van der Waals surface area contributed by atoms with E-state index < -0.39 is 11.7 Å². The van der Waals surface area contributed by atoms with Crippen LogP contribution in [-0.2, 0) is 11.0 Å². The number of aromatic amines is 1. The molecule has 2 heterocycles. The Kier molecular flexibility index (Phi) is 5.93. The Hall–Kier alpha value is -2.54. The lowest BCUT2D eigenvalue weighted by atomic mass is 10.1. The number of halogens is 4. The van der Waals surface area contributed by atoms with Gasteiger partial charge in [0.15, 0.2) is 0 Å². The van der Waals surface area contributed by atoms with E-state index in [9.17, 15) is 18.0 Å². The van der Waals surface area contributed by atoms with E-state index in [0.29, 0.717) is 32.0 Å². The molecule has 1 amide bonds.